The van der Waals surface area contributed by atoms with E-state index in [2.05, 4.69) is 15.9 Å². The predicted molar refractivity (Wildman–Crippen MR) is 78.8 cm³/mol. The first kappa shape index (κ1) is 13.9. The Bertz CT molecular complexity index is 590. The summed E-state index contributed by atoms with van der Waals surface area (Å²) in [6.45, 7) is 4.05. The summed E-state index contributed by atoms with van der Waals surface area (Å²) in [6.07, 6.45) is 0. The van der Waals surface area contributed by atoms with Crippen molar-refractivity contribution in [3.05, 3.63) is 57.3 Å². The standard InChI is InChI=1S/C15H15BrFNO/c1-9-5-10(2)15(14(18)6-9)19-8-11-7-12(16)3-4-13(11)17/h3-7H,8,18H2,1-2H3. The fourth-order valence-corrected chi connectivity index (χ4v) is 2.40. The molecule has 0 amide bonds. The lowest BCUT2D eigenvalue weighted by molar-refractivity contribution is 0.299. The van der Waals surface area contributed by atoms with Crippen LogP contribution in [0.3, 0.4) is 0 Å². The number of ether oxygens (including phenoxy) is 1. The number of rotatable bonds is 3. The van der Waals surface area contributed by atoms with Crippen LogP contribution in [0.2, 0.25) is 0 Å². The van der Waals surface area contributed by atoms with E-state index in [-0.39, 0.29) is 12.4 Å². The van der Waals surface area contributed by atoms with Crippen molar-refractivity contribution in [2.75, 3.05) is 5.73 Å². The molecule has 2 aromatic carbocycles. The number of nitrogen functional groups attached to an aromatic ring is 1. The molecular weight excluding hydrogens is 309 g/mol. The van der Waals surface area contributed by atoms with E-state index in [1.54, 1.807) is 12.1 Å². The number of hydrogen-bond donors (Lipinski definition) is 1. The van der Waals surface area contributed by atoms with Gasteiger partial charge in [-0.3, -0.25) is 0 Å². The van der Waals surface area contributed by atoms with Crippen molar-refractivity contribution >= 4 is 21.6 Å². The van der Waals surface area contributed by atoms with Gasteiger partial charge in [-0.15, -0.1) is 0 Å². The molecule has 19 heavy (non-hydrogen) atoms. The Balaban J connectivity index is 2.21. The quantitative estimate of drug-likeness (QED) is 0.851. The van der Waals surface area contributed by atoms with E-state index in [0.29, 0.717) is 17.0 Å². The molecule has 0 bridgehead atoms. The summed E-state index contributed by atoms with van der Waals surface area (Å²) < 4.78 is 20.1. The van der Waals surface area contributed by atoms with Crippen molar-refractivity contribution < 1.29 is 9.13 Å². The molecule has 4 heteroatoms. The molecule has 2 rings (SSSR count). The molecule has 0 saturated carbocycles. The molecule has 2 nitrogen and oxygen atoms in total. The Kier molecular flexibility index (Phi) is 4.10. The first-order valence-electron chi connectivity index (χ1n) is 5.91. The Morgan fingerprint density at radius 3 is 2.63 bits per heavy atom. The number of hydrogen-bond acceptors (Lipinski definition) is 2. The zero-order valence-corrected chi connectivity index (χ0v) is 12.4. The zero-order chi connectivity index (χ0) is 14.0. The topological polar surface area (TPSA) is 35.2 Å². The van der Waals surface area contributed by atoms with Crippen LogP contribution in [0.15, 0.2) is 34.8 Å². The van der Waals surface area contributed by atoms with E-state index >= 15 is 0 Å². The van der Waals surface area contributed by atoms with Gasteiger partial charge >= 0.3 is 0 Å². The van der Waals surface area contributed by atoms with Gasteiger partial charge in [0, 0.05) is 10.0 Å². The molecule has 100 valence electrons. The second kappa shape index (κ2) is 5.61. The molecule has 0 spiro atoms. The molecule has 0 fully saturated rings. The van der Waals surface area contributed by atoms with Crippen LogP contribution in [-0.2, 0) is 6.61 Å². The Labute approximate surface area is 120 Å². The maximum atomic E-state index is 13.6. The van der Waals surface area contributed by atoms with Crippen LogP contribution in [0.25, 0.3) is 0 Å². The fraction of sp³-hybridized carbons (Fsp3) is 0.200. The van der Waals surface area contributed by atoms with Crippen LogP contribution in [0.4, 0.5) is 10.1 Å². The summed E-state index contributed by atoms with van der Waals surface area (Å²) in [7, 11) is 0. The number of nitrogens with two attached hydrogens (primary N) is 1. The van der Waals surface area contributed by atoms with Gasteiger partial charge in [0.15, 0.2) is 0 Å². The van der Waals surface area contributed by atoms with E-state index in [9.17, 15) is 4.39 Å². The van der Waals surface area contributed by atoms with Crippen molar-refractivity contribution in [2.45, 2.75) is 20.5 Å². The minimum Gasteiger partial charge on any atom is -0.486 e. The highest BCUT2D eigenvalue weighted by atomic mass is 79.9. The average Bonchev–Trinajstić information content (AvgIpc) is 2.32. The number of anilines is 1. The van der Waals surface area contributed by atoms with Gasteiger partial charge in [0.05, 0.1) is 5.69 Å². The molecule has 0 heterocycles. The Hall–Kier alpha value is -1.55. The molecule has 0 unspecified atom stereocenters. The summed E-state index contributed by atoms with van der Waals surface area (Å²) in [5.41, 5.74) is 9.03. The first-order chi connectivity index (χ1) is 8.97. The van der Waals surface area contributed by atoms with Crippen LogP contribution in [0, 0.1) is 19.7 Å². The van der Waals surface area contributed by atoms with Crippen LogP contribution in [0.5, 0.6) is 5.75 Å². The molecule has 0 saturated heterocycles. The van der Waals surface area contributed by atoms with E-state index in [0.717, 1.165) is 15.6 Å². The zero-order valence-electron chi connectivity index (χ0n) is 10.8. The third-order valence-corrected chi connectivity index (χ3v) is 3.32. The van der Waals surface area contributed by atoms with Crippen molar-refractivity contribution in [1.82, 2.24) is 0 Å². The molecule has 0 aliphatic rings. The number of aryl methyl sites for hydroxylation is 2. The predicted octanol–water partition coefficient (Wildman–Crippen LogP) is 4.37. The van der Waals surface area contributed by atoms with E-state index in [1.165, 1.54) is 6.07 Å². The minimum absolute atomic E-state index is 0.152. The highest BCUT2D eigenvalue weighted by Crippen LogP contribution is 2.28. The molecule has 0 atom stereocenters. The maximum absolute atomic E-state index is 13.6. The molecule has 0 aliphatic heterocycles. The summed E-state index contributed by atoms with van der Waals surface area (Å²) in [5.74, 6) is 0.330. The normalized spacial score (nSPS) is 10.5. The average molecular weight is 324 g/mol. The van der Waals surface area contributed by atoms with Gasteiger partial charge in [-0.25, -0.2) is 4.39 Å². The van der Waals surface area contributed by atoms with Crippen molar-refractivity contribution in [3.63, 3.8) is 0 Å². The van der Waals surface area contributed by atoms with Crippen molar-refractivity contribution in [3.8, 4) is 5.75 Å². The lowest BCUT2D eigenvalue weighted by Gasteiger charge is -2.13. The largest absolute Gasteiger partial charge is 0.486 e. The second-order valence-corrected chi connectivity index (χ2v) is 5.44. The Morgan fingerprint density at radius 1 is 1.21 bits per heavy atom. The van der Waals surface area contributed by atoms with E-state index in [4.69, 9.17) is 10.5 Å². The molecule has 0 aliphatic carbocycles. The van der Waals surface area contributed by atoms with Gasteiger partial charge in [0.2, 0.25) is 0 Å². The molecule has 2 aromatic rings. The van der Waals surface area contributed by atoms with Gasteiger partial charge in [-0.05, 0) is 49.2 Å². The van der Waals surface area contributed by atoms with Gasteiger partial charge < -0.3 is 10.5 Å². The SMILES string of the molecule is Cc1cc(C)c(OCc2cc(Br)ccc2F)c(N)c1. The number of halogens is 2. The summed E-state index contributed by atoms with van der Waals surface area (Å²) in [4.78, 5) is 0. The molecule has 0 radical (unpaired) electrons. The van der Waals surface area contributed by atoms with Crippen LogP contribution < -0.4 is 10.5 Å². The molecule has 0 aromatic heterocycles. The number of benzene rings is 2. The summed E-state index contributed by atoms with van der Waals surface area (Å²) in [5, 5.41) is 0. The Morgan fingerprint density at radius 2 is 1.95 bits per heavy atom. The lowest BCUT2D eigenvalue weighted by Crippen LogP contribution is -2.03. The second-order valence-electron chi connectivity index (χ2n) is 4.52. The summed E-state index contributed by atoms with van der Waals surface area (Å²) in [6, 6.07) is 8.61. The minimum atomic E-state index is -0.286. The third-order valence-electron chi connectivity index (χ3n) is 2.83. The molecular formula is C15H15BrFNO. The van der Waals surface area contributed by atoms with Crippen LogP contribution >= 0.6 is 15.9 Å². The monoisotopic (exact) mass is 323 g/mol. The molecule has 2 N–H and O–H groups in total. The van der Waals surface area contributed by atoms with E-state index < -0.39 is 0 Å². The van der Waals surface area contributed by atoms with Crippen molar-refractivity contribution in [2.24, 2.45) is 0 Å². The maximum Gasteiger partial charge on any atom is 0.145 e. The lowest BCUT2D eigenvalue weighted by atomic mass is 10.1. The van der Waals surface area contributed by atoms with Crippen molar-refractivity contribution in [1.29, 1.82) is 0 Å². The fourth-order valence-electron chi connectivity index (χ4n) is 1.99. The third kappa shape index (κ3) is 3.26. The highest BCUT2D eigenvalue weighted by molar-refractivity contribution is 9.10. The summed E-state index contributed by atoms with van der Waals surface area (Å²) >= 11 is 3.31. The first-order valence-corrected chi connectivity index (χ1v) is 6.70. The van der Waals surface area contributed by atoms with Gasteiger partial charge in [0.1, 0.15) is 18.2 Å². The van der Waals surface area contributed by atoms with Gasteiger partial charge in [-0.2, -0.15) is 0 Å². The highest BCUT2D eigenvalue weighted by Gasteiger charge is 2.08. The van der Waals surface area contributed by atoms with Gasteiger partial charge in [0.25, 0.3) is 0 Å². The van der Waals surface area contributed by atoms with Crippen LogP contribution in [-0.4, -0.2) is 0 Å². The van der Waals surface area contributed by atoms with Gasteiger partial charge in [-0.1, -0.05) is 22.0 Å². The van der Waals surface area contributed by atoms with E-state index in [1.807, 2.05) is 26.0 Å². The van der Waals surface area contributed by atoms with Crippen LogP contribution in [0.1, 0.15) is 16.7 Å². The smallest absolute Gasteiger partial charge is 0.145 e.